The Kier molecular flexibility index (Phi) is 3.93. The third-order valence-electron chi connectivity index (χ3n) is 9.31. The van der Waals surface area contributed by atoms with Crippen LogP contribution in [0.25, 0.3) is 0 Å². The van der Waals surface area contributed by atoms with E-state index in [1.54, 1.807) is 6.92 Å². The maximum atomic E-state index is 11.7. The first kappa shape index (κ1) is 16.2. The van der Waals surface area contributed by atoms with Gasteiger partial charge in [0.2, 0.25) is 0 Å². The molecule has 4 rings (SSSR count). The molecule has 23 heavy (non-hydrogen) atoms. The molecule has 130 valence electrons. The Morgan fingerprint density at radius 2 is 1.65 bits per heavy atom. The van der Waals surface area contributed by atoms with Crippen LogP contribution in [-0.2, 0) is 4.79 Å². The molecule has 0 bridgehead atoms. The Balaban J connectivity index is 1.59. The van der Waals surface area contributed by atoms with Crippen molar-refractivity contribution >= 4 is 5.78 Å². The summed E-state index contributed by atoms with van der Waals surface area (Å²) in [6.45, 7) is 7.03. The number of carbonyl (C=O) groups excluding carboxylic acids is 1. The van der Waals surface area contributed by atoms with Crippen molar-refractivity contribution < 1.29 is 4.79 Å². The molecule has 6 unspecified atom stereocenters. The molecule has 0 amide bonds. The third-order valence-corrected chi connectivity index (χ3v) is 9.31. The van der Waals surface area contributed by atoms with Crippen LogP contribution in [-0.4, -0.2) is 5.78 Å². The second-order valence-corrected chi connectivity index (χ2v) is 10.1. The van der Waals surface area contributed by atoms with Gasteiger partial charge in [-0.2, -0.15) is 0 Å². The molecule has 0 aromatic heterocycles. The van der Waals surface area contributed by atoms with Gasteiger partial charge in [-0.1, -0.05) is 26.7 Å². The van der Waals surface area contributed by atoms with Gasteiger partial charge in [0, 0.05) is 6.42 Å². The van der Waals surface area contributed by atoms with Crippen molar-refractivity contribution in [2.75, 3.05) is 0 Å². The Hall–Kier alpha value is -0.330. The summed E-state index contributed by atoms with van der Waals surface area (Å²) >= 11 is 0. The number of fused-ring (bicyclic) bond motifs is 5. The van der Waals surface area contributed by atoms with Crippen LogP contribution in [0.2, 0.25) is 0 Å². The van der Waals surface area contributed by atoms with Gasteiger partial charge in [0.15, 0.2) is 0 Å². The van der Waals surface area contributed by atoms with E-state index >= 15 is 0 Å². The fourth-order valence-electron chi connectivity index (χ4n) is 8.09. The number of Topliss-reactive ketones (excluding diaryl/α,β-unsaturated/α-hetero) is 1. The smallest absolute Gasteiger partial charge is 0.130 e. The molecule has 0 N–H and O–H groups in total. The molecule has 0 spiro atoms. The molecule has 7 atom stereocenters. The van der Waals surface area contributed by atoms with Gasteiger partial charge in [-0.3, -0.25) is 0 Å². The number of rotatable bonds is 2. The summed E-state index contributed by atoms with van der Waals surface area (Å²) in [6, 6.07) is 0. The summed E-state index contributed by atoms with van der Waals surface area (Å²) in [5.74, 6) is 5.02. The third kappa shape index (κ3) is 2.35. The molecule has 4 fully saturated rings. The molecular weight excluding hydrogens is 280 g/mol. The van der Waals surface area contributed by atoms with E-state index in [4.69, 9.17) is 0 Å². The van der Waals surface area contributed by atoms with E-state index in [0.29, 0.717) is 22.5 Å². The number of hydrogen-bond acceptors (Lipinski definition) is 1. The van der Waals surface area contributed by atoms with Crippen LogP contribution < -0.4 is 0 Å². The van der Waals surface area contributed by atoms with Gasteiger partial charge in [-0.15, -0.1) is 0 Å². The van der Waals surface area contributed by atoms with Gasteiger partial charge < -0.3 is 4.79 Å². The first-order valence-corrected chi connectivity index (χ1v) is 10.4. The second kappa shape index (κ2) is 5.60. The van der Waals surface area contributed by atoms with Crippen molar-refractivity contribution in [3.63, 3.8) is 0 Å². The Labute approximate surface area is 143 Å². The van der Waals surface area contributed by atoms with Gasteiger partial charge in [0.25, 0.3) is 0 Å². The quantitative estimate of drug-likeness (QED) is 0.609. The number of carbonyl (C=O) groups is 1. The highest BCUT2D eigenvalue weighted by atomic mass is 16.1. The fourth-order valence-corrected chi connectivity index (χ4v) is 8.09. The molecule has 1 nitrogen and oxygen atoms in total. The SMILES string of the molecule is CC(=O)CC1CCC2C3CC[C@@H]4CCCCC4(C)C3CCC12C. The summed E-state index contributed by atoms with van der Waals surface area (Å²) in [5, 5.41) is 0. The van der Waals surface area contributed by atoms with Crippen molar-refractivity contribution in [2.24, 2.45) is 40.4 Å². The molecule has 1 heteroatoms. The Morgan fingerprint density at radius 3 is 2.43 bits per heavy atom. The minimum Gasteiger partial charge on any atom is -0.300 e. The maximum Gasteiger partial charge on any atom is 0.130 e. The summed E-state index contributed by atoms with van der Waals surface area (Å²) < 4.78 is 0. The lowest BCUT2D eigenvalue weighted by Gasteiger charge is -2.60. The minimum atomic E-state index is 0.418. The van der Waals surface area contributed by atoms with Crippen molar-refractivity contribution in [3.8, 4) is 0 Å². The maximum absolute atomic E-state index is 11.7. The highest BCUT2D eigenvalue weighted by Crippen LogP contribution is 2.67. The summed E-state index contributed by atoms with van der Waals surface area (Å²) in [7, 11) is 0. The van der Waals surface area contributed by atoms with E-state index in [1.165, 1.54) is 64.2 Å². The second-order valence-electron chi connectivity index (χ2n) is 10.1. The average Bonchev–Trinajstić information content (AvgIpc) is 2.83. The molecular formula is C22H36O. The molecule has 4 aliphatic rings. The lowest BCUT2D eigenvalue weighted by atomic mass is 9.45. The lowest BCUT2D eigenvalue weighted by molar-refractivity contribution is -0.123. The zero-order chi connectivity index (χ0) is 16.2. The van der Waals surface area contributed by atoms with E-state index < -0.39 is 0 Å². The summed E-state index contributed by atoms with van der Waals surface area (Å²) in [4.78, 5) is 11.7. The molecule has 0 radical (unpaired) electrons. The highest BCUT2D eigenvalue weighted by molar-refractivity contribution is 5.75. The van der Waals surface area contributed by atoms with E-state index in [2.05, 4.69) is 13.8 Å². The van der Waals surface area contributed by atoms with Crippen molar-refractivity contribution in [3.05, 3.63) is 0 Å². The topological polar surface area (TPSA) is 17.1 Å². The van der Waals surface area contributed by atoms with E-state index in [0.717, 1.165) is 30.1 Å². The molecule has 0 saturated heterocycles. The van der Waals surface area contributed by atoms with Gasteiger partial charge in [0.1, 0.15) is 5.78 Å². The molecule has 0 aliphatic heterocycles. The first-order valence-electron chi connectivity index (χ1n) is 10.4. The van der Waals surface area contributed by atoms with E-state index in [9.17, 15) is 4.79 Å². The number of ketones is 1. The van der Waals surface area contributed by atoms with Crippen molar-refractivity contribution in [1.29, 1.82) is 0 Å². The normalized spacial score (nSPS) is 52.4. The fraction of sp³-hybridized carbons (Fsp3) is 0.955. The van der Waals surface area contributed by atoms with Crippen LogP contribution in [0, 0.1) is 40.4 Å². The summed E-state index contributed by atoms with van der Waals surface area (Å²) in [6.07, 6.45) is 15.4. The number of hydrogen-bond donors (Lipinski definition) is 0. The van der Waals surface area contributed by atoms with Crippen molar-refractivity contribution in [2.45, 2.75) is 91.4 Å². The standard InChI is InChI=1S/C22H36O/c1-15(23)14-17-8-10-19-18-9-7-16-6-4-5-12-21(16,2)20(18)11-13-22(17,19)3/h16-20H,4-14H2,1-3H3/t16-,17?,18?,19?,20?,21?,22?/m0/s1. The van der Waals surface area contributed by atoms with Crippen LogP contribution in [0.5, 0.6) is 0 Å². The van der Waals surface area contributed by atoms with Gasteiger partial charge in [-0.25, -0.2) is 0 Å². The molecule has 0 aromatic rings. The summed E-state index contributed by atoms with van der Waals surface area (Å²) in [5.41, 5.74) is 1.13. The largest absolute Gasteiger partial charge is 0.300 e. The van der Waals surface area contributed by atoms with Gasteiger partial charge in [-0.05, 0) is 98.7 Å². The van der Waals surface area contributed by atoms with Crippen LogP contribution in [0.1, 0.15) is 91.4 Å². The van der Waals surface area contributed by atoms with Gasteiger partial charge in [0.05, 0.1) is 0 Å². The highest BCUT2D eigenvalue weighted by Gasteiger charge is 2.59. The molecule has 4 aliphatic carbocycles. The van der Waals surface area contributed by atoms with E-state index in [-0.39, 0.29) is 0 Å². The van der Waals surface area contributed by atoms with Crippen LogP contribution >= 0.6 is 0 Å². The predicted octanol–water partition coefficient (Wildman–Crippen LogP) is 6.01. The zero-order valence-electron chi connectivity index (χ0n) is 15.6. The monoisotopic (exact) mass is 316 g/mol. The minimum absolute atomic E-state index is 0.418. The first-order chi connectivity index (χ1) is 10.9. The predicted molar refractivity (Wildman–Crippen MR) is 95.1 cm³/mol. The zero-order valence-corrected chi connectivity index (χ0v) is 15.6. The van der Waals surface area contributed by atoms with Crippen LogP contribution in [0.4, 0.5) is 0 Å². The molecule has 0 aromatic carbocycles. The Morgan fingerprint density at radius 1 is 0.870 bits per heavy atom. The van der Waals surface area contributed by atoms with Crippen LogP contribution in [0.15, 0.2) is 0 Å². The lowest BCUT2D eigenvalue weighted by Crippen LogP contribution is -2.52. The van der Waals surface area contributed by atoms with Crippen molar-refractivity contribution in [1.82, 2.24) is 0 Å². The Bertz CT molecular complexity index is 482. The molecule has 4 saturated carbocycles. The van der Waals surface area contributed by atoms with Gasteiger partial charge >= 0.3 is 0 Å². The van der Waals surface area contributed by atoms with E-state index in [1.807, 2.05) is 0 Å². The average molecular weight is 317 g/mol. The van der Waals surface area contributed by atoms with Crippen LogP contribution in [0.3, 0.4) is 0 Å². The molecule has 0 heterocycles.